The highest BCUT2D eigenvalue weighted by molar-refractivity contribution is 7.17. The van der Waals surface area contributed by atoms with Crippen molar-refractivity contribution in [1.29, 1.82) is 0 Å². The molecule has 37 heavy (non-hydrogen) atoms. The number of likely N-dealkylation sites (N-methyl/N-ethyl adjacent to an activating group) is 1. The number of nitrogens with zero attached hydrogens (tertiary/aromatic N) is 6. The van der Waals surface area contributed by atoms with Crippen molar-refractivity contribution in [2.24, 2.45) is 0 Å². The van der Waals surface area contributed by atoms with Crippen LogP contribution in [-0.4, -0.2) is 88.1 Å². The molecule has 1 saturated carbocycles. The van der Waals surface area contributed by atoms with Crippen molar-refractivity contribution in [3.05, 3.63) is 34.7 Å². The fourth-order valence-electron chi connectivity index (χ4n) is 6.32. The first kappa shape index (κ1) is 25.2. The number of nitrogens with one attached hydrogen (secondary N) is 1. The summed E-state index contributed by atoms with van der Waals surface area (Å²) in [5, 5.41) is 11.9. The summed E-state index contributed by atoms with van der Waals surface area (Å²) < 4.78 is 7.63. The minimum atomic E-state index is 0.438. The highest BCUT2D eigenvalue weighted by atomic mass is 32.1. The molecule has 0 amide bonds. The van der Waals surface area contributed by atoms with E-state index in [0.29, 0.717) is 18.5 Å². The Morgan fingerprint density at radius 2 is 1.84 bits per heavy atom. The molecule has 2 saturated heterocycles. The van der Waals surface area contributed by atoms with Crippen LogP contribution in [0.1, 0.15) is 67.9 Å². The van der Waals surface area contributed by atoms with Gasteiger partial charge >= 0.3 is 0 Å². The predicted octanol–water partition coefficient (Wildman–Crippen LogP) is 4.50. The minimum absolute atomic E-state index is 0.438. The molecule has 200 valence electrons. The first-order valence-electron chi connectivity index (χ1n) is 14.2. The lowest BCUT2D eigenvalue weighted by molar-refractivity contribution is 0.0662. The van der Waals surface area contributed by atoms with E-state index >= 15 is 0 Å². The molecule has 3 aliphatic rings. The molecule has 5 heterocycles. The molecular formula is C28H41N7OS. The van der Waals surface area contributed by atoms with Crippen molar-refractivity contribution < 1.29 is 4.74 Å². The lowest BCUT2D eigenvalue weighted by atomic mass is 9.90. The summed E-state index contributed by atoms with van der Waals surface area (Å²) in [6.45, 7) is 8.73. The SMILES string of the molecule is Cc1csc2nc(Cc3cnn(C4CCOCC4)c3)nc(NC3CCC(N4CCCN(C)CC4)CC3)c12. The van der Waals surface area contributed by atoms with Crippen molar-refractivity contribution in [2.75, 3.05) is 51.8 Å². The van der Waals surface area contributed by atoms with Crippen molar-refractivity contribution in [1.82, 2.24) is 29.5 Å². The lowest BCUT2D eigenvalue weighted by Crippen LogP contribution is -2.42. The second-order valence-corrected chi connectivity index (χ2v) is 12.1. The van der Waals surface area contributed by atoms with Crippen LogP contribution in [0.5, 0.6) is 0 Å². The van der Waals surface area contributed by atoms with Gasteiger partial charge in [0.15, 0.2) is 0 Å². The third-order valence-corrected chi connectivity index (χ3v) is 9.54. The Bertz CT molecular complexity index is 1180. The van der Waals surface area contributed by atoms with Crippen LogP contribution in [0.15, 0.2) is 17.8 Å². The van der Waals surface area contributed by atoms with E-state index in [2.05, 4.69) is 50.4 Å². The van der Waals surface area contributed by atoms with Gasteiger partial charge in [-0.3, -0.25) is 9.58 Å². The molecule has 0 bridgehead atoms. The molecule has 2 aliphatic heterocycles. The van der Waals surface area contributed by atoms with Crippen LogP contribution in [0.3, 0.4) is 0 Å². The summed E-state index contributed by atoms with van der Waals surface area (Å²) in [5.41, 5.74) is 2.44. The summed E-state index contributed by atoms with van der Waals surface area (Å²) in [4.78, 5) is 16.4. The van der Waals surface area contributed by atoms with E-state index in [4.69, 9.17) is 14.7 Å². The van der Waals surface area contributed by atoms with Gasteiger partial charge in [0, 0.05) is 51.0 Å². The molecule has 1 aliphatic carbocycles. The Morgan fingerprint density at radius 3 is 2.68 bits per heavy atom. The van der Waals surface area contributed by atoms with Gasteiger partial charge in [0.1, 0.15) is 16.5 Å². The van der Waals surface area contributed by atoms with Gasteiger partial charge in [0.05, 0.1) is 17.6 Å². The van der Waals surface area contributed by atoms with Crippen molar-refractivity contribution in [2.45, 2.75) is 76.4 Å². The maximum absolute atomic E-state index is 5.52. The number of hydrogen-bond acceptors (Lipinski definition) is 8. The van der Waals surface area contributed by atoms with Gasteiger partial charge in [-0.2, -0.15) is 5.10 Å². The zero-order valence-electron chi connectivity index (χ0n) is 22.4. The molecule has 0 atom stereocenters. The van der Waals surface area contributed by atoms with Crippen LogP contribution < -0.4 is 5.32 Å². The van der Waals surface area contributed by atoms with Crippen LogP contribution >= 0.6 is 11.3 Å². The summed E-state index contributed by atoms with van der Waals surface area (Å²) in [5.74, 6) is 1.90. The number of fused-ring (bicyclic) bond motifs is 1. The normalized spacial score (nSPS) is 24.9. The van der Waals surface area contributed by atoms with E-state index in [9.17, 15) is 0 Å². The van der Waals surface area contributed by atoms with E-state index in [1.807, 2.05) is 6.20 Å². The van der Waals surface area contributed by atoms with Gasteiger partial charge in [0.25, 0.3) is 0 Å². The number of thiophene rings is 1. The molecule has 0 radical (unpaired) electrons. The molecule has 0 spiro atoms. The fourth-order valence-corrected chi connectivity index (χ4v) is 7.26. The standard InChI is InChI=1S/C28H41N7OS/c1-20-19-37-28-26(20)27(30-22-4-6-23(7-5-22)34-11-3-10-33(2)12-13-34)31-25(32-28)16-21-17-29-35(18-21)24-8-14-36-15-9-24/h17-19,22-24H,3-16H2,1-2H3,(H,30,31,32). The average molecular weight is 524 g/mol. The Hall–Kier alpha value is -2.07. The third kappa shape index (κ3) is 5.85. The molecule has 3 aromatic heterocycles. The van der Waals surface area contributed by atoms with E-state index < -0.39 is 0 Å². The van der Waals surface area contributed by atoms with Crippen molar-refractivity contribution in [3.8, 4) is 0 Å². The predicted molar refractivity (Wildman–Crippen MR) is 150 cm³/mol. The van der Waals surface area contributed by atoms with E-state index in [1.165, 1.54) is 74.8 Å². The maximum atomic E-state index is 5.52. The molecule has 3 fully saturated rings. The molecule has 1 N–H and O–H groups in total. The second-order valence-electron chi connectivity index (χ2n) is 11.3. The summed E-state index contributed by atoms with van der Waals surface area (Å²) in [6, 6.07) is 1.65. The summed E-state index contributed by atoms with van der Waals surface area (Å²) in [7, 11) is 2.26. The lowest BCUT2D eigenvalue weighted by Gasteiger charge is -2.36. The quantitative estimate of drug-likeness (QED) is 0.510. The van der Waals surface area contributed by atoms with Crippen molar-refractivity contribution in [3.63, 3.8) is 0 Å². The number of anilines is 1. The highest BCUT2D eigenvalue weighted by Gasteiger charge is 2.28. The first-order chi connectivity index (χ1) is 18.1. The monoisotopic (exact) mass is 523 g/mol. The first-order valence-corrected chi connectivity index (χ1v) is 15.0. The van der Waals surface area contributed by atoms with Crippen LogP contribution in [0.2, 0.25) is 0 Å². The van der Waals surface area contributed by atoms with Crippen molar-refractivity contribution >= 4 is 27.4 Å². The number of rotatable bonds is 6. The number of aryl methyl sites for hydroxylation is 1. The summed E-state index contributed by atoms with van der Waals surface area (Å²) >= 11 is 1.73. The number of ether oxygens (including phenoxy) is 1. The van der Waals surface area contributed by atoms with Crippen LogP contribution in [0.25, 0.3) is 10.2 Å². The second kappa shape index (κ2) is 11.4. The smallest absolute Gasteiger partial charge is 0.139 e. The molecule has 3 aromatic rings. The average Bonchev–Trinajstić information content (AvgIpc) is 3.47. The Labute approximate surface area is 224 Å². The van der Waals surface area contributed by atoms with Gasteiger partial charge in [-0.15, -0.1) is 11.3 Å². The van der Waals surface area contributed by atoms with E-state index in [1.54, 1.807) is 11.3 Å². The van der Waals surface area contributed by atoms with Crippen LogP contribution in [-0.2, 0) is 11.2 Å². The van der Waals surface area contributed by atoms with Crippen LogP contribution in [0, 0.1) is 6.92 Å². The van der Waals surface area contributed by atoms with Gasteiger partial charge < -0.3 is 15.0 Å². The number of hydrogen-bond donors (Lipinski definition) is 1. The molecular weight excluding hydrogens is 482 g/mol. The van der Waals surface area contributed by atoms with Gasteiger partial charge in [-0.05, 0) is 88.5 Å². The molecule has 6 rings (SSSR count). The Balaban J connectivity index is 1.13. The number of aromatic nitrogens is 4. The largest absolute Gasteiger partial charge is 0.381 e. The zero-order chi connectivity index (χ0) is 25.2. The van der Waals surface area contributed by atoms with E-state index in [-0.39, 0.29) is 0 Å². The summed E-state index contributed by atoms with van der Waals surface area (Å²) in [6.07, 6.45) is 13.2. The third-order valence-electron chi connectivity index (χ3n) is 8.55. The van der Waals surface area contributed by atoms with Crippen LogP contribution in [0.4, 0.5) is 5.82 Å². The highest BCUT2D eigenvalue weighted by Crippen LogP contribution is 2.33. The Morgan fingerprint density at radius 1 is 1.00 bits per heavy atom. The van der Waals surface area contributed by atoms with Gasteiger partial charge in [0.2, 0.25) is 0 Å². The Kier molecular flexibility index (Phi) is 7.74. The zero-order valence-corrected chi connectivity index (χ0v) is 23.2. The molecule has 9 heteroatoms. The molecule has 0 unspecified atom stereocenters. The van der Waals surface area contributed by atoms with E-state index in [0.717, 1.165) is 48.6 Å². The molecule has 0 aromatic carbocycles. The fraction of sp³-hybridized carbons (Fsp3) is 0.679. The molecule has 8 nitrogen and oxygen atoms in total. The minimum Gasteiger partial charge on any atom is -0.381 e. The van der Waals surface area contributed by atoms with Gasteiger partial charge in [-0.25, -0.2) is 9.97 Å². The van der Waals surface area contributed by atoms with Gasteiger partial charge in [-0.1, -0.05) is 0 Å². The topological polar surface area (TPSA) is 71.3 Å². The maximum Gasteiger partial charge on any atom is 0.139 e.